The third-order valence-electron chi connectivity index (χ3n) is 6.21. The minimum atomic E-state index is -1.16. The first-order valence-corrected chi connectivity index (χ1v) is 12.2. The molecule has 2 amide bonds. The van der Waals surface area contributed by atoms with Gasteiger partial charge in [-0.25, -0.2) is 0 Å². The van der Waals surface area contributed by atoms with Gasteiger partial charge in [0.05, 0.1) is 26.5 Å². The molecule has 1 spiro atoms. The van der Waals surface area contributed by atoms with Crippen LogP contribution < -0.4 is 14.4 Å². The molecule has 1 fully saturated rings. The first-order chi connectivity index (χ1) is 16.5. The van der Waals surface area contributed by atoms with Gasteiger partial charge in [0.15, 0.2) is 4.87 Å². The lowest BCUT2D eigenvalue weighted by Gasteiger charge is -2.33. The van der Waals surface area contributed by atoms with Crippen molar-refractivity contribution in [1.82, 2.24) is 4.90 Å². The van der Waals surface area contributed by atoms with Crippen molar-refractivity contribution in [1.29, 1.82) is 0 Å². The summed E-state index contributed by atoms with van der Waals surface area (Å²) in [6.45, 7) is 0.817. The Morgan fingerprint density at radius 1 is 1.03 bits per heavy atom. The van der Waals surface area contributed by atoms with Gasteiger partial charge in [-0.15, -0.1) is 11.8 Å². The van der Waals surface area contributed by atoms with Gasteiger partial charge in [-0.1, -0.05) is 23.7 Å². The first kappa shape index (κ1) is 22.6. The van der Waals surface area contributed by atoms with Crippen molar-refractivity contribution in [3.63, 3.8) is 0 Å². The molecule has 2 heterocycles. The average Bonchev–Trinajstić information content (AvgIpc) is 3.41. The van der Waals surface area contributed by atoms with Crippen LogP contribution in [0.2, 0.25) is 5.02 Å². The van der Waals surface area contributed by atoms with Crippen LogP contribution in [-0.4, -0.2) is 43.2 Å². The zero-order valence-electron chi connectivity index (χ0n) is 18.8. The molecule has 0 saturated carbocycles. The van der Waals surface area contributed by atoms with Crippen molar-refractivity contribution < 1.29 is 19.1 Å². The Bertz CT molecular complexity index is 1270. The number of rotatable bonds is 5. The van der Waals surface area contributed by atoms with Gasteiger partial charge < -0.3 is 19.3 Å². The third-order valence-corrected chi connectivity index (χ3v) is 7.87. The molecule has 34 heavy (non-hydrogen) atoms. The van der Waals surface area contributed by atoms with Crippen molar-refractivity contribution in [2.45, 2.75) is 11.4 Å². The van der Waals surface area contributed by atoms with Gasteiger partial charge in [-0.3, -0.25) is 9.59 Å². The van der Waals surface area contributed by atoms with Crippen molar-refractivity contribution in [3.8, 4) is 11.5 Å². The molecule has 3 aromatic rings. The van der Waals surface area contributed by atoms with E-state index in [-0.39, 0.29) is 11.8 Å². The lowest BCUT2D eigenvalue weighted by Crippen LogP contribution is -2.50. The molecular weight excluding hydrogens is 472 g/mol. The van der Waals surface area contributed by atoms with Crippen molar-refractivity contribution in [2.24, 2.45) is 0 Å². The monoisotopic (exact) mass is 494 g/mol. The highest BCUT2D eigenvalue weighted by Crippen LogP contribution is 2.55. The number of amides is 2. The molecular formula is C26H23ClN2O4S. The fourth-order valence-corrected chi connectivity index (χ4v) is 6.21. The van der Waals surface area contributed by atoms with Gasteiger partial charge in [0.1, 0.15) is 11.5 Å². The summed E-state index contributed by atoms with van der Waals surface area (Å²) in [6, 6.07) is 20.0. The Kier molecular flexibility index (Phi) is 5.91. The molecule has 6 nitrogen and oxygen atoms in total. The van der Waals surface area contributed by atoms with E-state index >= 15 is 0 Å². The summed E-state index contributed by atoms with van der Waals surface area (Å²) in [5, 5.41) is 0.526. The molecule has 0 bridgehead atoms. The van der Waals surface area contributed by atoms with Crippen LogP contribution in [0.3, 0.4) is 0 Å². The highest BCUT2D eigenvalue weighted by molar-refractivity contribution is 8.01. The number of fused-ring (bicyclic) bond motifs is 2. The van der Waals surface area contributed by atoms with Crippen molar-refractivity contribution in [2.75, 3.05) is 31.4 Å². The Labute approximate surface area is 207 Å². The number of carbonyl (C=O) groups excluding carboxylic acids is 2. The Morgan fingerprint density at radius 2 is 1.79 bits per heavy atom. The molecule has 2 aliphatic rings. The highest BCUT2D eigenvalue weighted by Gasteiger charge is 2.59. The second kappa shape index (κ2) is 8.89. The summed E-state index contributed by atoms with van der Waals surface area (Å²) < 4.78 is 10.6. The maximum atomic E-state index is 14.1. The largest absolute Gasteiger partial charge is 0.497 e. The van der Waals surface area contributed by atoms with E-state index in [1.165, 1.54) is 11.8 Å². The first-order valence-electron chi connectivity index (χ1n) is 10.8. The molecule has 0 aromatic heterocycles. The minimum absolute atomic E-state index is 0.142. The Balaban J connectivity index is 1.56. The van der Waals surface area contributed by atoms with Crippen LogP contribution in [0.1, 0.15) is 21.5 Å². The summed E-state index contributed by atoms with van der Waals surface area (Å²) in [4.78, 5) is 30.0. The number of carbonyl (C=O) groups is 2. The normalized spacial score (nSPS) is 19.0. The molecule has 1 atom stereocenters. The predicted molar refractivity (Wildman–Crippen MR) is 134 cm³/mol. The van der Waals surface area contributed by atoms with Crippen LogP contribution in [0.5, 0.6) is 11.5 Å². The van der Waals surface area contributed by atoms with Crippen LogP contribution >= 0.6 is 23.4 Å². The maximum absolute atomic E-state index is 14.1. The zero-order valence-corrected chi connectivity index (χ0v) is 20.4. The Hall–Kier alpha value is -3.16. The molecule has 0 radical (unpaired) electrons. The fourth-order valence-electron chi connectivity index (χ4n) is 4.59. The number of halogens is 1. The Morgan fingerprint density at radius 3 is 2.53 bits per heavy atom. The summed E-state index contributed by atoms with van der Waals surface area (Å²) in [6.07, 6.45) is 0. The SMILES string of the molecule is COc1ccc(C(=O)N2CCS[C@]23C(=O)N(Cc2cccc(OC)c2)c2ccc(Cl)cc23)cc1. The third kappa shape index (κ3) is 3.60. The number of methoxy groups -OCH3 is 2. The number of nitrogens with zero attached hydrogens (tertiary/aromatic N) is 2. The van der Waals surface area contributed by atoms with Crippen molar-refractivity contribution in [3.05, 3.63) is 88.4 Å². The van der Waals surface area contributed by atoms with Gasteiger partial charge >= 0.3 is 0 Å². The average molecular weight is 495 g/mol. The van der Waals surface area contributed by atoms with Crippen LogP contribution in [0.15, 0.2) is 66.7 Å². The smallest absolute Gasteiger partial charge is 0.268 e. The quantitative estimate of drug-likeness (QED) is 0.502. The second-order valence-corrected chi connectivity index (χ2v) is 9.81. The number of anilines is 1. The summed E-state index contributed by atoms with van der Waals surface area (Å²) in [7, 11) is 3.20. The number of ether oxygens (including phenoxy) is 2. The van der Waals surface area contributed by atoms with E-state index in [1.807, 2.05) is 36.4 Å². The van der Waals surface area contributed by atoms with E-state index in [1.54, 1.807) is 54.4 Å². The van der Waals surface area contributed by atoms with E-state index in [4.69, 9.17) is 21.1 Å². The summed E-state index contributed by atoms with van der Waals surface area (Å²) in [5.74, 6) is 1.70. The van der Waals surface area contributed by atoms with E-state index in [0.717, 1.165) is 22.6 Å². The van der Waals surface area contributed by atoms with Gasteiger partial charge in [-0.05, 0) is 60.2 Å². The molecule has 3 aromatic carbocycles. The number of hydrogen-bond acceptors (Lipinski definition) is 5. The molecule has 174 valence electrons. The van der Waals surface area contributed by atoms with Crippen molar-refractivity contribution >= 4 is 40.9 Å². The summed E-state index contributed by atoms with van der Waals surface area (Å²) >= 11 is 7.86. The van der Waals surface area contributed by atoms with Crippen LogP contribution in [0, 0.1) is 0 Å². The number of thioether (sulfide) groups is 1. The van der Waals surface area contributed by atoms with Crippen LogP contribution in [0.4, 0.5) is 5.69 Å². The standard InChI is InChI=1S/C26H23ClN2O4S/c1-32-20-9-6-18(7-10-20)24(30)29-12-13-34-26(29)22-15-19(27)8-11-23(22)28(25(26)31)16-17-4-3-5-21(14-17)33-2/h3-11,14-15H,12-13,16H2,1-2H3/t26-/m1/s1. The van der Waals surface area contributed by atoms with E-state index in [9.17, 15) is 9.59 Å². The van der Waals surface area contributed by atoms with Gasteiger partial charge in [0.2, 0.25) is 0 Å². The molecule has 0 unspecified atom stereocenters. The molecule has 5 rings (SSSR count). The summed E-state index contributed by atoms with van der Waals surface area (Å²) in [5.41, 5.74) is 2.95. The maximum Gasteiger partial charge on any atom is 0.268 e. The molecule has 8 heteroatoms. The number of benzene rings is 3. The molecule has 1 saturated heterocycles. The number of hydrogen-bond donors (Lipinski definition) is 0. The molecule has 2 aliphatic heterocycles. The minimum Gasteiger partial charge on any atom is -0.497 e. The van der Waals surface area contributed by atoms with E-state index < -0.39 is 4.87 Å². The molecule has 0 N–H and O–H groups in total. The van der Waals surface area contributed by atoms with E-state index in [0.29, 0.717) is 35.2 Å². The highest BCUT2D eigenvalue weighted by atomic mass is 35.5. The predicted octanol–water partition coefficient (Wildman–Crippen LogP) is 4.95. The molecule has 0 aliphatic carbocycles. The van der Waals surface area contributed by atoms with Gasteiger partial charge in [-0.2, -0.15) is 0 Å². The van der Waals surface area contributed by atoms with Gasteiger partial charge in [0, 0.05) is 28.4 Å². The zero-order chi connectivity index (χ0) is 23.9. The fraction of sp³-hybridized carbons (Fsp3) is 0.231. The van der Waals surface area contributed by atoms with Gasteiger partial charge in [0.25, 0.3) is 11.8 Å². The van der Waals surface area contributed by atoms with Crippen LogP contribution in [-0.2, 0) is 16.2 Å². The lowest BCUT2D eigenvalue weighted by molar-refractivity contribution is -0.123. The second-order valence-electron chi connectivity index (χ2n) is 8.08. The topological polar surface area (TPSA) is 59.1 Å². The van der Waals surface area contributed by atoms with Crippen LogP contribution in [0.25, 0.3) is 0 Å². The van der Waals surface area contributed by atoms with E-state index in [2.05, 4.69) is 0 Å². The lowest BCUT2D eigenvalue weighted by atomic mass is 10.0.